The van der Waals surface area contributed by atoms with Gasteiger partial charge in [-0.2, -0.15) is 0 Å². The molecule has 3 heterocycles. The fourth-order valence-electron chi connectivity index (χ4n) is 6.90. The Balaban J connectivity index is -0.00000108. The topological polar surface area (TPSA) is 269 Å². The molecule has 22 nitrogen and oxygen atoms in total. The number of Topliss-reactive ketones (excluding diaryl/α,β-unsaturated/α-hetero) is 4. The second-order valence-corrected chi connectivity index (χ2v) is 22.4. The molecule has 23 heteroatoms. The first-order valence-corrected chi connectivity index (χ1v) is 27.1. The fraction of sp³-hybridized carbons (Fsp3) is 0.768. The van der Waals surface area contributed by atoms with Gasteiger partial charge in [-0.05, 0) is 11.8 Å². The summed E-state index contributed by atoms with van der Waals surface area (Å²) in [5.74, 6) is -3.45. The number of nitrogens with zero attached hydrogens (tertiary/aromatic N) is 6. The number of thioether (sulfide) groups is 1. The summed E-state index contributed by atoms with van der Waals surface area (Å²) in [6.07, 6.45) is 0.491. The van der Waals surface area contributed by atoms with Gasteiger partial charge in [0.1, 0.15) is 45.4 Å². The van der Waals surface area contributed by atoms with Gasteiger partial charge in [-0.15, -0.1) is 11.8 Å². The van der Waals surface area contributed by atoms with E-state index in [9.17, 15) is 62.3 Å². The van der Waals surface area contributed by atoms with E-state index in [4.69, 9.17) is 14.2 Å². The van der Waals surface area contributed by atoms with Gasteiger partial charge in [0.25, 0.3) is 0 Å². The van der Waals surface area contributed by atoms with Gasteiger partial charge in [0, 0.05) is 89.0 Å². The largest absolute Gasteiger partial charge is 0.373 e. The molecule has 3 saturated heterocycles. The molecule has 79 heavy (non-hydrogen) atoms. The zero-order valence-corrected chi connectivity index (χ0v) is 48.4. The molecule has 0 aromatic heterocycles. The Bertz CT molecular complexity index is 2080. The van der Waals surface area contributed by atoms with Crippen LogP contribution in [0.5, 0.6) is 0 Å². The average molecular weight is 1140 g/mol. The Morgan fingerprint density at radius 3 is 1.18 bits per heavy atom. The summed E-state index contributed by atoms with van der Waals surface area (Å²) in [4.78, 5) is 163. The van der Waals surface area contributed by atoms with Crippen molar-refractivity contribution in [2.24, 2.45) is 47.3 Å². The summed E-state index contributed by atoms with van der Waals surface area (Å²) in [5.41, 5.74) is 0. The second kappa shape index (κ2) is 38.4. The number of likely N-dealkylation sites (tertiary alicyclic amines) is 3. The smallest absolute Gasteiger partial charge is 0.243 e. The maximum Gasteiger partial charge on any atom is 0.243 e. The lowest BCUT2D eigenvalue weighted by Gasteiger charge is -2.24. The number of carbonyl (C=O) groups excluding carboxylic acids is 13. The van der Waals surface area contributed by atoms with Gasteiger partial charge < -0.3 is 28.9 Å². The van der Waals surface area contributed by atoms with Gasteiger partial charge in [-0.3, -0.25) is 77.0 Å². The summed E-state index contributed by atoms with van der Waals surface area (Å²) in [6.45, 7) is 22.5. The van der Waals surface area contributed by atoms with Gasteiger partial charge in [0.15, 0.2) is 17.3 Å². The van der Waals surface area contributed by atoms with E-state index in [0.29, 0.717) is 6.54 Å². The van der Waals surface area contributed by atoms with Crippen molar-refractivity contribution in [2.45, 2.75) is 136 Å². The van der Waals surface area contributed by atoms with Crippen LogP contribution >= 0.6 is 11.8 Å². The Labute approximate surface area is 475 Å². The highest BCUT2D eigenvalue weighted by Gasteiger charge is 2.43. The Morgan fingerprint density at radius 2 is 0.810 bits per heavy atom. The van der Waals surface area contributed by atoms with E-state index in [1.54, 1.807) is 76.5 Å². The summed E-state index contributed by atoms with van der Waals surface area (Å²) in [7, 11) is 4.68. The lowest BCUT2D eigenvalue weighted by molar-refractivity contribution is -0.146. The molecular weight excluding hydrogens is 1040 g/mol. The molecule has 0 spiro atoms. The van der Waals surface area contributed by atoms with Crippen molar-refractivity contribution in [3.05, 3.63) is 0 Å². The molecule has 3 aliphatic heterocycles. The maximum atomic E-state index is 12.4. The minimum absolute atomic E-state index is 0. The number of likely N-dealkylation sites (N-methyl/N-ethyl adjacent to an activating group) is 2. The van der Waals surface area contributed by atoms with Gasteiger partial charge >= 0.3 is 0 Å². The minimum atomic E-state index is -0.612. The number of amides is 9. The standard InChI is InChI=1S/C19H30N2O6S.2C17H28N2O5.3CH4/c1-12(2)14(22)10-27-7-6-20(5)18(25)9-21-17(24)8-16(19(21)26)28-11-15(23)13(3)4;1-11(2)13-8-15(21)19(17(13)23)9-16(22)18(5)6-7-24-10-14(20)12(3)4;1-11(2)13-8-16(22)19(17(13)23)10-18(5)15(21)6-7-24-9-14(20)12(3)4;;;/h12-13,16H,6-11H2,1-5H3;2*11-13H,6-10H2,1-5H3;3*1H4. The van der Waals surface area contributed by atoms with Crippen LogP contribution in [0.3, 0.4) is 0 Å². The maximum absolute atomic E-state index is 12.4. The molecular formula is C56H98N6O16S. The van der Waals surface area contributed by atoms with Crippen LogP contribution in [0.4, 0.5) is 0 Å². The number of hydrogen-bond acceptors (Lipinski definition) is 17. The molecule has 0 aromatic carbocycles. The van der Waals surface area contributed by atoms with Crippen LogP contribution in [-0.4, -0.2) is 210 Å². The fourth-order valence-corrected chi connectivity index (χ4v) is 8.13. The van der Waals surface area contributed by atoms with Crippen molar-refractivity contribution in [2.75, 3.05) is 99.4 Å². The van der Waals surface area contributed by atoms with Crippen molar-refractivity contribution < 1.29 is 76.5 Å². The number of ether oxygens (including phenoxy) is 3. The zero-order chi connectivity index (χ0) is 58.3. The first-order chi connectivity index (χ1) is 35.3. The predicted octanol–water partition coefficient (Wildman–Crippen LogP) is 4.46. The Morgan fingerprint density at radius 1 is 0.468 bits per heavy atom. The van der Waals surface area contributed by atoms with E-state index in [2.05, 4.69) is 0 Å². The molecule has 3 fully saturated rings. The molecule has 0 aliphatic carbocycles. The highest BCUT2D eigenvalue weighted by molar-refractivity contribution is 8.01. The molecule has 3 atom stereocenters. The predicted molar refractivity (Wildman–Crippen MR) is 302 cm³/mol. The van der Waals surface area contributed by atoms with Crippen molar-refractivity contribution in [1.29, 1.82) is 0 Å². The van der Waals surface area contributed by atoms with Crippen LogP contribution in [0.1, 0.15) is 131 Å². The quantitative estimate of drug-likeness (QED) is 0.0709. The SMILES string of the molecule is C.C.C.CC(C)C(=O)COCCC(=O)N(C)CN1C(=O)CC(C(C)C)C1=O.CC(C)C(=O)COCCN(C)C(=O)CN1C(=O)CC(C(C)C)C1=O.CC(C)C(=O)COCCN(C)C(=O)CN1C(=O)CC(SCC(=O)C(C)C)C1=O. The molecule has 3 aliphatic rings. The first kappa shape index (κ1) is 78.0. The summed E-state index contributed by atoms with van der Waals surface area (Å²) in [5, 5.41) is -0.612. The van der Waals surface area contributed by atoms with E-state index in [0.717, 1.165) is 26.5 Å². The summed E-state index contributed by atoms with van der Waals surface area (Å²) in [6, 6.07) is 0. The van der Waals surface area contributed by atoms with Gasteiger partial charge in [0.2, 0.25) is 53.2 Å². The third-order valence-electron chi connectivity index (χ3n) is 12.9. The van der Waals surface area contributed by atoms with Crippen LogP contribution in [-0.2, 0) is 76.5 Å². The highest BCUT2D eigenvalue weighted by atomic mass is 32.2. The molecule has 0 N–H and O–H groups in total. The summed E-state index contributed by atoms with van der Waals surface area (Å²) >= 11 is 1.15. The lowest BCUT2D eigenvalue weighted by atomic mass is 9.94. The van der Waals surface area contributed by atoms with E-state index in [-0.39, 0.29) is 231 Å². The van der Waals surface area contributed by atoms with E-state index >= 15 is 0 Å². The van der Waals surface area contributed by atoms with Gasteiger partial charge in [0.05, 0.1) is 37.2 Å². The van der Waals surface area contributed by atoms with Gasteiger partial charge in [-0.1, -0.05) is 105 Å². The lowest BCUT2D eigenvalue weighted by Crippen LogP contribution is -2.43. The van der Waals surface area contributed by atoms with Crippen LogP contribution in [0.2, 0.25) is 0 Å². The molecule has 454 valence electrons. The number of hydrogen-bond donors (Lipinski definition) is 0. The van der Waals surface area contributed by atoms with Crippen molar-refractivity contribution in [3.8, 4) is 0 Å². The number of imide groups is 3. The molecule has 0 aromatic rings. The summed E-state index contributed by atoms with van der Waals surface area (Å²) < 4.78 is 15.7. The molecule has 0 radical (unpaired) electrons. The number of carbonyl (C=O) groups is 13. The van der Waals surface area contributed by atoms with Crippen molar-refractivity contribution in [1.82, 2.24) is 29.4 Å². The van der Waals surface area contributed by atoms with Crippen molar-refractivity contribution >= 4 is 88.1 Å². The normalized spacial score (nSPS) is 16.9. The highest BCUT2D eigenvalue weighted by Crippen LogP contribution is 2.28. The Kier molecular flexibility index (Phi) is 37.9. The second-order valence-electron chi connectivity index (χ2n) is 21.2. The van der Waals surface area contributed by atoms with Crippen LogP contribution in [0.15, 0.2) is 0 Å². The molecule has 3 unspecified atom stereocenters. The van der Waals surface area contributed by atoms with Crippen LogP contribution in [0.25, 0.3) is 0 Å². The molecule has 0 saturated carbocycles. The number of rotatable bonds is 30. The monoisotopic (exact) mass is 1140 g/mol. The average Bonchev–Trinajstić information content (AvgIpc) is 3.91. The molecule has 0 bridgehead atoms. The molecule has 9 amide bonds. The third kappa shape index (κ3) is 26.7. The van der Waals surface area contributed by atoms with Crippen molar-refractivity contribution in [3.63, 3.8) is 0 Å². The third-order valence-corrected chi connectivity index (χ3v) is 14.1. The van der Waals surface area contributed by atoms with Gasteiger partial charge in [-0.25, -0.2) is 0 Å². The number of ketones is 4. The van der Waals surface area contributed by atoms with E-state index in [1.807, 2.05) is 27.7 Å². The first-order valence-electron chi connectivity index (χ1n) is 26.0. The van der Waals surface area contributed by atoms with Crippen LogP contribution in [0, 0.1) is 47.3 Å². The van der Waals surface area contributed by atoms with E-state index < -0.39 is 17.1 Å². The zero-order valence-electron chi connectivity index (χ0n) is 47.6. The molecule has 3 rings (SSSR count). The Hall–Kier alpha value is -5.26. The van der Waals surface area contributed by atoms with E-state index in [1.165, 1.54) is 14.7 Å². The minimum Gasteiger partial charge on any atom is -0.373 e. The van der Waals surface area contributed by atoms with Crippen LogP contribution < -0.4 is 0 Å².